The van der Waals surface area contributed by atoms with E-state index in [0.29, 0.717) is 10.6 Å². The summed E-state index contributed by atoms with van der Waals surface area (Å²) >= 11 is 1.28. The second kappa shape index (κ2) is 6.36. The average molecular weight is 293 g/mol. The van der Waals surface area contributed by atoms with Crippen molar-refractivity contribution >= 4 is 23.1 Å². The minimum absolute atomic E-state index is 0.0980. The lowest BCUT2D eigenvalue weighted by molar-refractivity contribution is -0.384. The van der Waals surface area contributed by atoms with Crippen LogP contribution in [0, 0.1) is 15.9 Å². The average Bonchev–Trinajstić information content (AvgIpc) is 2.46. The van der Waals surface area contributed by atoms with E-state index in [1.165, 1.54) is 30.0 Å². The largest absolute Gasteiger partial charge is 0.318 e. The number of nitrogens with zero attached hydrogens (tertiary/aromatic N) is 1. The van der Waals surface area contributed by atoms with Gasteiger partial charge >= 0.3 is 0 Å². The van der Waals surface area contributed by atoms with Gasteiger partial charge in [0, 0.05) is 16.7 Å². The molecule has 5 nitrogen and oxygen atoms in total. The van der Waals surface area contributed by atoms with Gasteiger partial charge in [-0.3, -0.25) is 16.0 Å². The Morgan fingerprint density at radius 2 is 2.05 bits per heavy atom. The van der Waals surface area contributed by atoms with Crippen molar-refractivity contribution in [1.29, 1.82) is 0 Å². The summed E-state index contributed by atoms with van der Waals surface area (Å²) in [6.07, 6.45) is 0. The van der Waals surface area contributed by atoms with Crippen LogP contribution >= 0.6 is 11.8 Å². The lowest BCUT2D eigenvalue weighted by Crippen LogP contribution is -2.09. The number of thioether (sulfide) groups is 1. The highest BCUT2D eigenvalue weighted by atomic mass is 32.2. The van der Waals surface area contributed by atoms with E-state index >= 15 is 0 Å². The normalized spacial score (nSPS) is 10.3. The van der Waals surface area contributed by atoms with Gasteiger partial charge in [-0.25, -0.2) is 4.39 Å². The highest BCUT2D eigenvalue weighted by molar-refractivity contribution is 7.98. The van der Waals surface area contributed by atoms with E-state index < -0.39 is 4.92 Å². The summed E-state index contributed by atoms with van der Waals surface area (Å²) in [6.45, 7) is 0. The molecular weight excluding hydrogens is 281 g/mol. The molecule has 2 rings (SSSR count). The van der Waals surface area contributed by atoms with E-state index in [9.17, 15) is 14.5 Å². The van der Waals surface area contributed by atoms with Gasteiger partial charge in [-0.15, -0.1) is 11.8 Å². The standard InChI is InChI=1S/C13H12FN3O2S/c14-10-3-1-2-4-13(10)20-8-9-5-6-11(16-15)12(7-9)17(18)19/h1-7,16H,8,15H2. The van der Waals surface area contributed by atoms with Crippen molar-refractivity contribution in [3.05, 3.63) is 64.0 Å². The number of rotatable bonds is 5. The Kier molecular flexibility index (Phi) is 4.54. The molecule has 3 N–H and O–H groups in total. The number of anilines is 1. The fourth-order valence-electron chi connectivity index (χ4n) is 1.66. The number of nitrogens with one attached hydrogen (secondary N) is 1. The second-order valence-electron chi connectivity index (χ2n) is 3.97. The van der Waals surface area contributed by atoms with Crippen LogP contribution in [0.2, 0.25) is 0 Å². The fraction of sp³-hybridized carbons (Fsp3) is 0.0769. The van der Waals surface area contributed by atoms with Gasteiger partial charge in [0.25, 0.3) is 5.69 Å². The molecule has 0 radical (unpaired) electrons. The quantitative estimate of drug-likeness (QED) is 0.382. The van der Waals surface area contributed by atoms with Gasteiger partial charge in [0.1, 0.15) is 11.5 Å². The molecule has 7 heteroatoms. The molecule has 0 amide bonds. The Balaban J connectivity index is 2.16. The summed E-state index contributed by atoms with van der Waals surface area (Å²) in [4.78, 5) is 10.9. The van der Waals surface area contributed by atoms with Gasteiger partial charge in [0.15, 0.2) is 0 Å². The minimum atomic E-state index is -0.507. The van der Waals surface area contributed by atoms with Crippen LogP contribution in [0.15, 0.2) is 47.4 Å². The monoisotopic (exact) mass is 293 g/mol. The van der Waals surface area contributed by atoms with Gasteiger partial charge in [0.2, 0.25) is 0 Å². The molecule has 0 spiro atoms. The first-order valence-corrected chi connectivity index (χ1v) is 6.71. The number of hydrogen-bond acceptors (Lipinski definition) is 5. The lowest BCUT2D eigenvalue weighted by atomic mass is 10.2. The van der Waals surface area contributed by atoms with Gasteiger partial charge in [-0.2, -0.15) is 0 Å². The van der Waals surface area contributed by atoms with Gasteiger partial charge in [-0.1, -0.05) is 18.2 Å². The maximum absolute atomic E-state index is 13.5. The third kappa shape index (κ3) is 3.25. The number of nitrogen functional groups attached to an aromatic ring is 1. The summed E-state index contributed by atoms with van der Waals surface area (Å²) in [5.74, 6) is 5.35. The number of nitro groups is 1. The third-order valence-electron chi connectivity index (χ3n) is 2.65. The summed E-state index contributed by atoms with van der Waals surface area (Å²) in [6, 6.07) is 11.1. The SMILES string of the molecule is NNc1ccc(CSc2ccccc2F)cc1[N+](=O)[O-]. The summed E-state index contributed by atoms with van der Waals surface area (Å²) in [5.41, 5.74) is 3.15. The fourth-order valence-corrected chi connectivity index (χ4v) is 2.55. The zero-order valence-corrected chi connectivity index (χ0v) is 11.2. The Hall–Kier alpha value is -2.12. The summed E-state index contributed by atoms with van der Waals surface area (Å²) in [7, 11) is 0. The van der Waals surface area contributed by atoms with Crippen molar-refractivity contribution in [2.75, 3.05) is 5.43 Å². The number of hydrogen-bond donors (Lipinski definition) is 2. The summed E-state index contributed by atoms with van der Waals surface area (Å²) < 4.78 is 13.5. The molecule has 0 aliphatic rings. The molecule has 0 atom stereocenters. The Morgan fingerprint density at radius 3 is 2.70 bits per heavy atom. The molecule has 2 aromatic carbocycles. The Morgan fingerprint density at radius 1 is 1.30 bits per heavy atom. The smallest absolute Gasteiger partial charge is 0.293 e. The van der Waals surface area contributed by atoms with Gasteiger partial charge in [-0.05, 0) is 23.8 Å². The molecule has 2 aromatic rings. The van der Waals surface area contributed by atoms with Crippen molar-refractivity contribution in [3.8, 4) is 0 Å². The number of halogens is 1. The Labute approximate surface area is 119 Å². The molecule has 0 saturated carbocycles. The van der Waals surface area contributed by atoms with Crippen LogP contribution in [-0.2, 0) is 5.75 Å². The van der Waals surface area contributed by atoms with E-state index in [0.717, 1.165) is 5.56 Å². The summed E-state index contributed by atoms with van der Waals surface area (Å²) in [5, 5.41) is 10.9. The van der Waals surface area contributed by atoms with Crippen LogP contribution in [0.1, 0.15) is 5.56 Å². The van der Waals surface area contributed by atoms with Crippen LogP contribution < -0.4 is 11.3 Å². The number of nitro benzene ring substituents is 1. The number of hydrazine groups is 1. The first kappa shape index (κ1) is 14.3. The molecule has 20 heavy (non-hydrogen) atoms. The van der Waals surface area contributed by atoms with Crippen molar-refractivity contribution in [3.63, 3.8) is 0 Å². The van der Waals surface area contributed by atoms with Crippen LogP contribution in [-0.4, -0.2) is 4.92 Å². The van der Waals surface area contributed by atoms with Gasteiger partial charge in [0.05, 0.1) is 4.92 Å². The molecule has 0 aliphatic heterocycles. The molecule has 0 saturated heterocycles. The predicted octanol–water partition coefficient (Wildman–Crippen LogP) is 3.31. The number of benzene rings is 2. The molecule has 0 aromatic heterocycles. The molecular formula is C13H12FN3O2S. The van der Waals surface area contributed by atoms with E-state index in [1.54, 1.807) is 24.3 Å². The molecule has 0 heterocycles. The Bertz CT molecular complexity index is 637. The maximum atomic E-state index is 13.5. The zero-order chi connectivity index (χ0) is 14.5. The zero-order valence-electron chi connectivity index (χ0n) is 10.4. The highest BCUT2D eigenvalue weighted by Crippen LogP contribution is 2.29. The van der Waals surface area contributed by atoms with Crippen LogP contribution in [0.3, 0.4) is 0 Å². The van der Waals surface area contributed by atoms with Crippen molar-refractivity contribution in [1.82, 2.24) is 0 Å². The van der Waals surface area contributed by atoms with E-state index in [4.69, 9.17) is 5.84 Å². The second-order valence-corrected chi connectivity index (χ2v) is 4.99. The van der Waals surface area contributed by atoms with Crippen LogP contribution in [0.25, 0.3) is 0 Å². The maximum Gasteiger partial charge on any atom is 0.293 e. The predicted molar refractivity (Wildman–Crippen MR) is 76.9 cm³/mol. The van der Waals surface area contributed by atoms with Crippen LogP contribution in [0.4, 0.5) is 15.8 Å². The highest BCUT2D eigenvalue weighted by Gasteiger charge is 2.14. The molecule has 0 fully saturated rings. The third-order valence-corrected chi connectivity index (χ3v) is 3.77. The molecule has 0 bridgehead atoms. The van der Waals surface area contributed by atoms with E-state index in [2.05, 4.69) is 5.43 Å². The topological polar surface area (TPSA) is 81.2 Å². The first-order valence-electron chi connectivity index (χ1n) is 5.73. The van der Waals surface area contributed by atoms with Crippen molar-refractivity contribution < 1.29 is 9.31 Å². The molecule has 104 valence electrons. The van der Waals surface area contributed by atoms with Gasteiger partial charge < -0.3 is 5.43 Å². The van der Waals surface area contributed by atoms with E-state index in [-0.39, 0.29) is 17.2 Å². The van der Waals surface area contributed by atoms with Crippen molar-refractivity contribution in [2.24, 2.45) is 5.84 Å². The minimum Gasteiger partial charge on any atom is -0.318 e. The number of nitrogens with two attached hydrogens (primary N) is 1. The van der Waals surface area contributed by atoms with Crippen LogP contribution in [0.5, 0.6) is 0 Å². The van der Waals surface area contributed by atoms with E-state index in [1.807, 2.05) is 0 Å². The van der Waals surface area contributed by atoms with Crippen molar-refractivity contribution in [2.45, 2.75) is 10.6 Å². The molecule has 0 aliphatic carbocycles. The lowest BCUT2D eigenvalue weighted by Gasteiger charge is -2.06. The first-order chi connectivity index (χ1) is 9.61. The molecule has 0 unspecified atom stereocenters.